The van der Waals surface area contributed by atoms with E-state index in [0.29, 0.717) is 0 Å². The van der Waals surface area contributed by atoms with Crippen LogP contribution in [0.4, 0.5) is 11.4 Å². The van der Waals surface area contributed by atoms with E-state index in [9.17, 15) is 9.59 Å². The minimum Gasteiger partial charge on any atom is -0.360 e. The molecule has 33 heavy (non-hydrogen) atoms. The molecule has 1 atom stereocenters. The van der Waals surface area contributed by atoms with Crippen LogP contribution in [0.5, 0.6) is 0 Å². The van der Waals surface area contributed by atoms with Crippen LogP contribution in [0.25, 0.3) is 0 Å². The van der Waals surface area contributed by atoms with Crippen molar-refractivity contribution in [3.8, 4) is 0 Å². The van der Waals surface area contributed by atoms with E-state index in [1.54, 1.807) is 6.92 Å². The van der Waals surface area contributed by atoms with Gasteiger partial charge in [0.05, 0.1) is 26.2 Å². The van der Waals surface area contributed by atoms with E-state index in [4.69, 9.17) is 0 Å². The van der Waals surface area contributed by atoms with E-state index in [1.807, 2.05) is 80.6 Å². The van der Waals surface area contributed by atoms with Crippen LogP contribution in [0.1, 0.15) is 40.0 Å². The van der Waals surface area contributed by atoms with E-state index >= 15 is 0 Å². The quantitative estimate of drug-likeness (QED) is 0.574. The number of hydrogen-bond donors (Lipinski definition) is 2. The Morgan fingerprint density at radius 1 is 0.909 bits per heavy atom. The first-order valence-corrected chi connectivity index (χ1v) is 11.6. The molecule has 1 aliphatic rings. The second-order valence-electron chi connectivity index (χ2n) is 8.90. The molecule has 170 valence electrons. The third kappa shape index (κ3) is 5.32. The van der Waals surface area contributed by atoms with E-state index in [0.717, 1.165) is 59.8 Å². The Labute approximate surface area is 196 Å². The van der Waals surface area contributed by atoms with Gasteiger partial charge in [-0.3, -0.25) is 9.59 Å². The van der Waals surface area contributed by atoms with Crippen LogP contribution in [-0.4, -0.2) is 37.9 Å². The molecule has 2 N–H and O–H groups in total. The second kappa shape index (κ2) is 10.0. The van der Waals surface area contributed by atoms with E-state index in [2.05, 4.69) is 16.3 Å². The topological polar surface area (TPSA) is 53.9 Å². The Hall–Kier alpha value is -3.44. The first-order valence-electron chi connectivity index (χ1n) is 11.6. The summed E-state index contributed by atoms with van der Waals surface area (Å²) in [7, 11) is 0. The van der Waals surface area contributed by atoms with Crippen molar-refractivity contribution in [3.05, 3.63) is 95.1 Å². The number of nitrogens with zero attached hydrogens (tertiary/aromatic N) is 1. The Morgan fingerprint density at radius 2 is 1.58 bits per heavy atom. The molecule has 1 aliphatic heterocycles. The number of piperazine rings is 1. The number of nitrogens with one attached hydrogen (secondary N) is 2. The lowest BCUT2D eigenvalue weighted by Gasteiger charge is -2.37. The second-order valence-corrected chi connectivity index (χ2v) is 8.90. The molecule has 4 rings (SSSR count). The SMILES string of the molecule is CC(=O)c1ccc(N2CC[NH+]([C@H](C(=O)Nc3cc(C)ccc3C)c3ccccc3)CC2)cc1. The summed E-state index contributed by atoms with van der Waals surface area (Å²) in [5.74, 6) is 0.112. The van der Waals surface area contributed by atoms with Gasteiger partial charge in [-0.1, -0.05) is 42.5 Å². The predicted octanol–water partition coefficient (Wildman–Crippen LogP) is 3.59. The molecule has 0 unspecified atom stereocenters. The molecule has 1 saturated heterocycles. The van der Waals surface area contributed by atoms with E-state index < -0.39 is 0 Å². The molecule has 1 fully saturated rings. The van der Waals surface area contributed by atoms with Crippen molar-refractivity contribution >= 4 is 23.1 Å². The van der Waals surface area contributed by atoms with Crippen molar-refractivity contribution in [1.82, 2.24) is 0 Å². The molecular weight excluding hydrogens is 410 g/mol. The van der Waals surface area contributed by atoms with Crippen molar-refractivity contribution in [2.45, 2.75) is 26.8 Å². The molecule has 3 aromatic carbocycles. The van der Waals surface area contributed by atoms with Gasteiger partial charge in [0, 0.05) is 22.5 Å². The number of quaternary nitrogens is 1. The predicted molar refractivity (Wildman–Crippen MR) is 133 cm³/mol. The number of carbonyl (C=O) groups is 2. The molecule has 0 aromatic heterocycles. The van der Waals surface area contributed by atoms with Gasteiger partial charge in [-0.25, -0.2) is 0 Å². The Morgan fingerprint density at radius 3 is 2.21 bits per heavy atom. The van der Waals surface area contributed by atoms with Crippen LogP contribution in [-0.2, 0) is 4.79 Å². The monoisotopic (exact) mass is 442 g/mol. The first-order chi connectivity index (χ1) is 15.9. The maximum Gasteiger partial charge on any atom is 0.287 e. The van der Waals surface area contributed by atoms with Crippen LogP contribution in [0.15, 0.2) is 72.8 Å². The fourth-order valence-corrected chi connectivity index (χ4v) is 4.54. The highest BCUT2D eigenvalue weighted by atomic mass is 16.2. The number of aryl methyl sites for hydroxylation is 2. The fraction of sp³-hybridized carbons (Fsp3) is 0.286. The zero-order valence-electron chi connectivity index (χ0n) is 19.6. The summed E-state index contributed by atoms with van der Waals surface area (Å²) in [4.78, 5) is 28.7. The standard InChI is InChI=1S/C28H31N3O2/c1-20-9-10-21(2)26(19-20)29-28(33)27(24-7-5-4-6-8-24)31-17-15-30(16-18-31)25-13-11-23(12-14-25)22(3)32/h4-14,19,27H,15-18H2,1-3H3,(H,29,33)/p+1/t27-/m0/s1. The summed E-state index contributed by atoms with van der Waals surface area (Å²) in [6, 6.07) is 23.8. The van der Waals surface area contributed by atoms with Crippen LogP contribution in [0.3, 0.4) is 0 Å². The van der Waals surface area contributed by atoms with Crippen molar-refractivity contribution < 1.29 is 14.5 Å². The molecule has 5 heteroatoms. The number of Topliss-reactive ketones (excluding diaryl/α,β-unsaturated/α-hetero) is 1. The maximum absolute atomic E-state index is 13.6. The van der Waals surface area contributed by atoms with Crippen molar-refractivity contribution in [1.29, 1.82) is 0 Å². The lowest BCUT2D eigenvalue weighted by Crippen LogP contribution is -3.16. The van der Waals surface area contributed by atoms with E-state index in [1.165, 1.54) is 4.90 Å². The largest absolute Gasteiger partial charge is 0.360 e. The van der Waals surface area contributed by atoms with Gasteiger partial charge >= 0.3 is 0 Å². The number of rotatable bonds is 6. The van der Waals surface area contributed by atoms with Gasteiger partial charge in [-0.15, -0.1) is 0 Å². The summed E-state index contributed by atoms with van der Waals surface area (Å²) in [5, 5.41) is 3.20. The molecule has 1 heterocycles. The van der Waals surface area contributed by atoms with Gasteiger partial charge in [-0.05, 0) is 62.2 Å². The van der Waals surface area contributed by atoms with Gasteiger partial charge < -0.3 is 15.1 Å². The smallest absolute Gasteiger partial charge is 0.287 e. The van der Waals surface area contributed by atoms with Gasteiger partial charge in [0.2, 0.25) is 0 Å². The third-order valence-electron chi connectivity index (χ3n) is 6.50. The molecule has 0 saturated carbocycles. The van der Waals surface area contributed by atoms with Crippen LogP contribution < -0.4 is 15.1 Å². The number of amides is 1. The third-order valence-corrected chi connectivity index (χ3v) is 6.50. The summed E-state index contributed by atoms with van der Waals surface area (Å²) in [6.07, 6.45) is 0. The van der Waals surface area contributed by atoms with Gasteiger partial charge in [0.15, 0.2) is 11.8 Å². The number of ketones is 1. The normalized spacial score (nSPS) is 15.2. The first kappa shape index (κ1) is 22.7. The highest BCUT2D eigenvalue weighted by molar-refractivity contribution is 5.95. The summed E-state index contributed by atoms with van der Waals surface area (Å²) in [5.41, 5.74) is 5.96. The average molecular weight is 443 g/mol. The molecule has 5 nitrogen and oxygen atoms in total. The highest BCUT2D eigenvalue weighted by Gasteiger charge is 2.34. The zero-order valence-corrected chi connectivity index (χ0v) is 19.6. The number of carbonyl (C=O) groups excluding carboxylic acids is 2. The van der Waals surface area contributed by atoms with Crippen molar-refractivity contribution in [3.63, 3.8) is 0 Å². The van der Waals surface area contributed by atoms with Crippen LogP contribution in [0.2, 0.25) is 0 Å². The summed E-state index contributed by atoms with van der Waals surface area (Å²) < 4.78 is 0. The molecule has 3 aromatic rings. The van der Waals surface area contributed by atoms with Gasteiger partial charge in [0.25, 0.3) is 5.91 Å². The Kier molecular flexibility index (Phi) is 6.90. The molecule has 0 radical (unpaired) electrons. The lowest BCUT2D eigenvalue weighted by molar-refractivity contribution is -0.922. The molecule has 0 spiro atoms. The number of benzene rings is 3. The minimum atomic E-state index is -0.270. The van der Waals surface area contributed by atoms with Crippen LogP contribution in [0, 0.1) is 13.8 Å². The molecule has 0 bridgehead atoms. The van der Waals surface area contributed by atoms with Gasteiger partial charge in [-0.2, -0.15) is 0 Å². The van der Waals surface area contributed by atoms with Crippen molar-refractivity contribution in [2.75, 3.05) is 36.4 Å². The molecule has 1 amide bonds. The highest BCUT2D eigenvalue weighted by Crippen LogP contribution is 2.20. The lowest BCUT2D eigenvalue weighted by atomic mass is 10.0. The number of hydrogen-bond acceptors (Lipinski definition) is 3. The maximum atomic E-state index is 13.6. The zero-order chi connectivity index (χ0) is 23.4. The van der Waals surface area contributed by atoms with Gasteiger partial charge in [0.1, 0.15) is 0 Å². The summed E-state index contributed by atoms with van der Waals surface area (Å²) >= 11 is 0. The molecule has 0 aliphatic carbocycles. The fourth-order valence-electron chi connectivity index (χ4n) is 4.54. The van der Waals surface area contributed by atoms with Crippen molar-refractivity contribution in [2.24, 2.45) is 0 Å². The minimum absolute atomic E-state index is 0.0316. The van der Waals surface area contributed by atoms with Crippen LogP contribution >= 0.6 is 0 Å². The van der Waals surface area contributed by atoms with E-state index in [-0.39, 0.29) is 17.7 Å². The Bertz CT molecular complexity index is 1120. The molecular formula is C28H32N3O2+. The average Bonchev–Trinajstić information content (AvgIpc) is 2.83. The number of anilines is 2. The Balaban J connectivity index is 1.51. The summed E-state index contributed by atoms with van der Waals surface area (Å²) in [6.45, 7) is 9.07.